The van der Waals surface area contributed by atoms with E-state index in [9.17, 15) is 23.3 Å². The summed E-state index contributed by atoms with van der Waals surface area (Å²) in [6.07, 6.45) is 3.60. The summed E-state index contributed by atoms with van der Waals surface area (Å²) in [5, 5.41) is 12.3. The van der Waals surface area contributed by atoms with Gasteiger partial charge >= 0.3 is 0 Å². The molecular weight excluding hydrogens is 627 g/mol. The van der Waals surface area contributed by atoms with E-state index in [1.807, 2.05) is 0 Å². The number of hydrogen-bond donors (Lipinski definition) is 1. The highest BCUT2D eigenvalue weighted by Gasteiger charge is 2.53. The minimum Gasteiger partial charge on any atom is -0.467 e. The molecule has 6 rings (SSSR count). The molecule has 226 valence electrons. The molecule has 2 amide bonds. The molecule has 2 unspecified atom stereocenters. The van der Waals surface area contributed by atoms with Gasteiger partial charge in [-0.1, -0.05) is 35.3 Å². The number of benzene rings is 2. The monoisotopic (exact) mass is 652 g/mol. The number of halogens is 2. The number of fused-ring (bicyclic) bond motifs is 1. The maximum absolute atomic E-state index is 14.3. The second-order valence-corrected chi connectivity index (χ2v) is 13.5. The first-order valence-corrected chi connectivity index (χ1v) is 15.9. The lowest BCUT2D eigenvalue weighted by Gasteiger charge is -2.29. The molecule has 4 heterocycles. The molecule has 4 aromatic rings. The third-order valence-electron chi connectivity index (χ3n) is 7.90. The zero-order valence-corrected chi connectivity index (χ0v) is 25.7. The van der Waals surface area contributed by atoms with Gasteiger partial charge in [0.2, 0.25) is 11.9 Å². The number of carbonyl (C=O) groups excluding carboxylic acids is 2. The van der Waals surface area contributed by atoms with E-state index >= 15 is 0 Å². The Kier molecular flexibility index (Phi) is 7.75. The summed E-state index contributed by atoms with van der Waals surface area (Å²) < 4.78 is 36.5. The van der Waals surface area contributed by atoms with Gasteiger partial charge in [0.15, 0.2) is 5.03 Å². The predicted octanol–water partition coefficient (Wildman–Crippen LogP) is 4.76. The number of nitrogens with one attached hydrogen (secondary N) is 1. The van der Waals surface area contributed by atoms with E-state index in [2.05, 4.69) is 16.4 Å². The molecule has 2 atom stereocenters. The van der Waals surface area contributed by atoms with Crippen LogP contribution in [0.1, 0.15) is 36.7 Å². The van der Waals surface area contributed by atoms with E-state index in [-0.39, 0.29) is 40.5 Å². The fourth-order valence-electron chi connectivity index (χ4n) is 5.82. The van der Waals surface area contributed by atoms with Crippen LogP contribution in [-0.4, -0.2) is 46.7 Å². The van der Waals surface area contributed by atoms with Crippen LogP contribution >= 0.6 is 23.2 Å². The Hall–Kier alpha value is -4.15. The second-order valence-electron chi connectivity index (χ2n) is 10.8. The van der Waals surface area contributed by atoms with Crippen LogP contribution < -0.4 is 10.2 Å². The fraction of sp³-hybridized carbons (Fsp3) is 0.267. The zero-order chi connectivity index (χ0) is 31.2. The smallest absolute Gasteiger partial charge is 0.261 e. The maximum atomic E-state index is 14.3. The van der Waals surface area contributed by atoms with Gasteiger partial charge in [-0.05, 0) is 67.8 Å². The molecule has 0 saturated carbocycles. The lowest BCUT2D eigenvalue weighted by molar-refractivity contribution is -0.125. The molecule has 14 heteroatoms. The number of amides is 2. The van der Waals surface area contributed by atoms with Crippen molar-refractivity contribution in [3.05, 3.63) is 94.0 Å². The topological polar surface area (TPSA) is 142 Å². The third kappa shape index (κ3) is 5.16. The molecule has 11 nitrogen and oxygen atoms in total. The number of anilines is 2. The van der Waals surface area contributed by atoms with Gasteiger partial charge in [-0.15, -0.1) is 0 Å². The summed E-state index contributed by atoms with van der Waals surface area (Å²) in [7, 11) is -4.33. The molecule has 0 bridgehead atoms. The van der Waals surface area contributed by atoms with Gasteiger partial charge < -0.3 is 9.73 Å². The summed E-state index contributed by atoms with van der Waals surface area (Å²) in [4.78, 5) is 33.2. The minimum atomic E-state index is -4.33. The Morgan fingerprint density at radius 1 is 1.18 bits per heavy atom. The van der Waals surface area contributed by atoms with Crippen molar-refractivity contribution in [2.24, 2.45) is 0 Å². The highest BCUT2D eigenvalue weighted by Crippen LogP contribution is 2.45. The molecule has 0 spiro atoms. The lowest BCUT2D eigenvalue weighted by Crippen LogP contribution is -2.47. The van der Waals surface area contributed by atoms with Crippen LogP contribution in [0.25, 0.3) is 0 Å². The molecule has 2 aromatic heterocycles. The van der Waals surface area contributed by atoms with E-state index in [1.54, 1.807) is 55.5 Å². The van der Waals surface area contributed by atoms with Crippen LogP contribution in [0.2, 0.25) is 10.0 Å². The Morgan fingerprint density at radius 2 is 1.91 bits per heavy atom. The van der Waals surface area contributed by atoms with Crippen LogP contribution in [0.15, 0.2) is 76.5 Å². The van der Waals surface area contributed by atoms with E-state index < -0.39 is 33.4 Å². The normalized spacial score (nSPS) is 20.1. The first-order chi connectivity index (χ1) is 21.0. The van der Waals surface area contributed by atoms with Crippen molar-refractivity contribution in [3.63, 3.8) is 0 Å². The van der Waals surface area contributed by atoms with Crippen molar-refractivity contribution < 1.29 is 22.4 Å². The van der Waals surface area contributed by atoms with E-state index in [1.165, 1.54) is 32.3 Å². The molecule has 44 heavy (non-hydrogen) atoms. The summed E-state index contributed by atoms with van der Waals surface area (Å²) in [6, 6.07) is 15.9. The van der Waals surface area contributed by atoms with Crippen molar-refractivity contribution in [1.82, 2.24) is 19.2 Å². The summed E-state index contributed by atoms with van der Waals surface area (Å²) >= 11 is 12.6. The standard InChI is InChI=1S/C30H26Cl2N6O5S/c1-30(15-19-6-8-20(16-33)9-7-19)28(40)37(23-13-21(31)12-22(32)14-23)29-35-18-26(38(29)30)44(41,42)36-10-2-5-25(36)27(39)34-17-24-4-3-11-43-24/h3-4,6-9,11-14,18,25H,2,5,10,15,17H2,1H3,(H,34,39). The van der Waals surface area contributed by atoms with Crippen molar-refractivity contribution in [2.45, 2.75) is 49.3 Å². The summed E-state index contributed by atoms with van der Waals surface area (Å²) in [6.45, 7) is 1.88. The van der Waals surface area contributed by atoms with Crippen LogP contribution in [0.5, 0.6) is 0 Å². The number of nitriles is 1. The van der Waals surface area contributed by atoms with Crippen molar-refractivity contribution >= 4 is 56.7 Å². The molecule has 1 N–H and O–H groups in total. The Bertz CT molecular complexity index is 1880. The molecule has 0 aliphatic carbocycles. The molecule has 2 aliphatic rings. The van der Waals surface area contributed by atoms with Crippen LogP contribution in [0, 0.1) is 11.3 Å². The molecule has 1 fully saturated rings. The molecule has 2 aliphatic heterocycles. The first kappa shape index (κ1) is 29.9. The highest BCUT2D eigenvalue weighted by atomic mass is 35.5. The Balaban J connectivity index is 1.42. The number of carbonyl (C=O) groups is 2. The Labute approximate surface area is 263 Å². The minimum absolute atomic E-state index is 0.0704. The third-order valence-corrected chi connectivity index (χ3v) is 10.2. The molecular formula is C30H26Cl2N6O5S. The molecule has 2 aromatic carbocycles. The molecule has 1 saturated heterocycles. The number of furan rings is 1. The molecule has 0 radical (unpaired) electrons. The van der Waals surface area contributed by atoms with Crippen LogP contribution in [0.3, 0.4) is 0 Å². The van der Waals surface area contributed by atoms with Gasteiger partial charge in [0.1, 0.15) is 17.3 Å². The average Bonchev–Trinajstić information content (AvgIpc) is 3.79. The largest absolute Gasteiger partial charge is 0.467 e. The van der Waals surface area contributed by atoms with Gasteiger partial charge in [-0.25, -0.2) is 18.3 Å². The number of nitrogens with zero attached hydrogens (tertiary/aromatic N) is 5. The number of rotatable bonds is 8. The van der Waals surface area contributed by atoms with Crippen LogP contribution in [-0.2, 0) is 38.1 Å². The quantitative estimate of drug-likeness (QED) is 0.289. The van der Waals surface area contributed by atoms with E-state index in [0.29, 0.717) is 35.4 Å². The van der Waals surface area contributed by atoms with Gasteiger partial charge in [-0.2, -0.15) is 9.57 Å². The SMILES string of the molecule is CC1(Cc2ccc(C#N)cc2)C(=O)N(c2cc(Cl)cc(Cl)c2)c2ncc(S(=O)(=O)N3CCCC3C(=O)NCc3ccco3)n21. The van der Waals surface area contributed by atoms with Gasteiger partial charge in [-0.3, -0.25) is 14.2 Å². The second kappa shape index (κ2) is 11.4. The van der Waals surface area contributed by atoms with Crippen molar-refractivity contribution in [1.29, 1.82) is 5.26 Å². The van der Waals surface area contributed by atoms with Gasteiger partial charge in [0, 0.05) is 23.0 Å². The average molecular weight is 654 g/mol. The predicted molar refractivity (Wildman–Crippen MR) is 162 cm³/mol. The lowest BCUT2D eigenvalue weighted by atomic mass is 9.91. The fourth-order valence-corrected chi connectivity index (χ4v) is 8.18. The summed E-state index contributed by atoms with van der Waals surface area (Å²) in [5.41, 5.74) is 0.00532. The van der Waals surface area contributed by atoms with Crippen molar-refractivity contribution in [2.75, 3.05) is 11.4 Å². The van der Waals surface area contributed by atoms with E-state index in [4.69, 9.17) is 27.6 Å². The van der Waals surface area contributed by atoms with Crippen molar-refractivity contribution in [3.8, 4) is 6.07 Å². The number of aromatic nitrogens is 2. The highest BCUT2D eigenvalue weighted by molar-refractivity contribution is 7.89. The summed E-state index contributed by atoms with van der Waals surface area (Å²) in [5.74, 6) is -0.289. The number of hydrogen-bond acceptors (Lipinski definition) is 7. The maximum Gasteiger partial charge on any atom is 0.261 e. The van der Waals surface area contributed by atoms with Crippen LogP contribution in [0.4, 0.5) is 11.6 Å². The van der Waals surface area contributed by atoms with E-state index in [0.717, 1.165) is 0 Å². The number of sulfonamides is 1. The zero-order valence-electron chi connectivity index (χ0n) is 23.4. The van der Waals surface area contributed by atoms with Gasteiger partial charge in [0.05, 0.1) is 36.3 Å². The Morgan fingerprint density at radius 3 is 2.57 bits per heavy atom. The van der Waals surface area contributed by atoms with Gasteiger partial charge in [0.25, 0.3) is 15.9 Å². The number of imidazole rings is 1. The first-order valence-electron chi connectivity index (χ1n) is 13.7.